The second-order valence-corrected chi connectivity index (χ2v) is 18.9. The molecule has 1 aromatic heterocycles. The molecule has 6 rings (SSSR count). The van der Waals surface area contributed by atoms with Gasteiger partial charge in [0.15, 0.2) is 0 Å². The lowest BCUT2D eigenvalue weighted by atomic mass is 9.85. The van der Waals surface area contributed by atoms with E-state index in [0.29, 0.717) is 35.0 Å². The number of sulfonamides is 1. The molecule has 298 valence electrons. The highest BCUT2D eigenvalue weighted by Crippen LogP contribution is 2.45. The summed E-state index contributed by atoms with van der Waals surface area (Å²) >= 11 is 0. The number of amides is 5. The van der Waals surface area contributed by atoms with Crippen LogP contribution in [0.5, 0.6) is 0 Å². The summed E-state index contributed by atoms with van der Waals surface area (Å²) in [4.78, 5) is 75.7. The molecule has 56 heavy (non-hydrogen) atoms. The maximum absolute atomic E-state index is 14.6. The van der Waals surface area contributed by atoms with Crippen LogP contribution in [0.4, 0.5) is 4.79 Å². The van der Waals surface area contributed by atoms with Crippen molar-refractivity contribution in [3.63, 3.8) is 0 Å². The lowest BCUT2D eigenvalue weighted by molar-refractivity contribution is -0.143. The number of ether oxygens (including phenoxy) is 1. The summed E-state index contributed by atoms with van der Waals surface area (Å²) in [6.45, 7) is 14.0. The predicted molar refractivity (Wildman–Crippen MR) is 210 cm³/mol. The first-order chi connectivity index (χ1) is 26.2. The van der Waals surface area contributed by atoms with Crippen LogP contribution in [0.2, 0.25) is 0 Å². The molecule has 2 aliphatic carbocycles. The number of benzene rings is 2. The van der Waals surface area contributed by atoms with Gasteiger partial charge in [0.2, 0.25) is 21.8 Å². The second-order valence-electron chi connectivity index (χ2n) is 17.0. The lowest BCUT2D eigenvalue weighted by Crippen LogP contribution is -2.60. The molecule has 3 fully saturated rings. The van der Waals surface area contributed by atoms with Gasteiger partial charge >= 0.3 is 6.09 Å². The summed E-state index contributed by atoms with van der Waals surface area (Å²) in [6.07, 6.45) is 1.60. The van der Waals surface area contributed by atoms with E-state index in [9.17, 15) is 32.4 Å². The Bertz CT molecular complexity index is 2180. The third-order valence-electron chi connectivity index (χ3n) is 10.3. The van der Waals surface area contributed by atoms with Crippen LogP contribution in [0.25, 0.3) is 22.2 Å². The molecule has 4 N–H and O–H groups in total. The fourth-order valence-corrected chi connectivity index (χ4v) is 8.44. The first-order valence-corrected chi connectivity index (χ1v) is 20.3. The van der Waals surface area contributed by atoms with E-state index in [1.54, 1.807) is 59.7 Å². The summed E-state index contributed by atoms with van der Waals surface area (Å²) < 4.78 is 33.1. The fourth-order valence-electron chi connectivity index (χ4n) is 7.07. The number of likely N-dealkylation sites (tertiary alicyclic amines) is 1. The predicted octanol–water partition coefficient (Wildman–Crippen LogP) is 4.21. The Morgan fingerprint density at radius 2 is 1.64 bits per heavy atom. The largest absolute Gasteiger partial charge is 0.444 e. The van der Waals surface area contributed by atoms with Crippen LogP contribution in [0.1, 0.15) is 77.6 Å². The van der Waals surface area contributed by atoms with Crippen LogP contribution in [-0.2, 0) is 29.1 Å². The highest BCUT2D eigenvalue weighted by Gasteiger charge is 2.62. The van der Waals surface area contributed by atoms with Gasteiger partial charge in [0, 0.05) is 29.5 Å². The molecule has 3 aliphatic rings. The monoisotopic (exact) mass is 786 g/mol. The average molecular weight is 787 g/mol. The summed E-state index contributed by atoms with van der Waals surface area (Å²) in [7, 11) is -3.93. The topological polar surface area (TPSA) is 193 Å². The number of nitrogens with one attached hydrogen (secondary N) is 4. The van der Waals surface area contributed by atoms with Crippen molar-refractivity contribution in [2.24, 2.45) is 11.3 Å². The van der Waals surface area contributed by atoms with Gasteiger partial charge in [0.25, 0.3) is 11.8 Å². The smallest absolute Gasteiger partial charge is 0.408 e. The summed E-state index contributed by atoms with van der Waals surface area (Å²) in [5.41, 5.74) is -0.959. The highest BCUT2D eigenvalue weighted by atomic mass is 32.2. The number of fused-ring (bicyclic) bond motifs is 1. The Kier molecular flexibility index (Phi) is 10.8. The zero-order valence-electron chi connectivity index (χ0n) is 32.5. The summed E-state index contributed by atoms with van der Waals surface area (Å²) in [5, 5.41) is 8.43. The van der Waals surface area contributed by atoms with Crippen molar-refractivity contribution in [2.45, 2.75) is 102 Å². The number of aromatic nitrogens is 1. The van der Waals surface area contributed by atoms with Crippen LogP contribution in [0.15, 0.2) is 73.3 Å². The molecular formula is C41H50N6O8S. The average Bonchev–Trinajstić information content (AvgIpc) is 4.06. The van der Waals surface area contributed by atoms with Crippen LogP contribution in [0, 0.1) is 11.3 Å². The van der Waals surface area contributed by atoms with Crippen LogP contribution in [-0.4, -0.2) is 89.1 Å². The fraction of sp³-hybridized carbons (Fsp3) is 0.463. The van der Waals surface area contributed by atoms with Gasteiger partial charge in [0.1, 0.15) is 23.2 Å². The van der Waals surface area contributed by atoms with E-state index in [1.165, 1.54) is 11.0 Å². The molecule has 0 bridgehead atoms. The third-order valence-corrected chi connectivity index (χ3v) is 12.1. The number of nitrogens with zero attached hydrogens (tertiary/aromatic N) is 2. The number of hydrogen-bond donors (Lipinski definition) is 4. The van der Waals surface area contributed by atoms with Crippen molar-refractivity contribution in [1.82, 2.24) is 30.6 Å². The molecule has 2 heterocycles. The van der Waals surface area contributed by atoms with Crippen LogP contribution >= 0.6 is 0 Å². The van der Waals surface area contributed by atoms with E-state index in [-0.39, 0.29) is 19.4 Å². The van der Waals surface area contributed by atoms with Gasteiger partial charge in [-0.1, -0.05) is 75.4 Å². The molecule has 0 radical (unpaired) electrons. The van der Waals surface area contributed by atoms with E-state index >= 15 is 0 Å². The molecule has 2 unspecified atom stereocenters. The minimum Gasteiger partial charge on any atom is -0.444 e. The van der Waals surface area contributed by atoms with Crippen LogP contribution < -0.4 is 20.7 Å². The van der Waals surface area contributed by atoms with E-state index in [0.717, 1.165) is 5.56 Å². The number of carbonyl (C=O) groups excluding carboxylic acids is 5. The Balaban J connectivity index is 1.31. The quantitative estimate of drug-likeness (QED) is 0.206. The molecule has 5 atom stereocenters. The Morgan fingerprint density at radius 3 is 2.25 bits per heavy atom. The first kappa shape index (κ1) is 40.4. The van der Waals surface area contributed by atoms with E-state index in [2.05, 4.69) is 27.3 Å². The first-order valence-electron chi connectivity index (χ1n) is 18.8. The third kappa shape index (κ3) is 8.72. The zero-order valence-corrected chi connectivity index (χ0v) is 33.4. The van der Waals surface area contributed by atoms with Crippen molar-refractivity contribution in [3.05, 3.63) is 78.9 Å². The van der Waals surface area contributed by atoms with Gasteiger partial charge in [-0.05, 0) is 64.0 Å². The van der Waals surface area contributed by atoms with Gasteiger partial charge in [-0.15, -0.1) is 6.58 Å². The SMILES string of the molecule is C=CC1CC1(NC(=O)[C@@H]1C[C@@H](NC(=O)c2cc(-c3ccccc3)nc3ccccc23)CN1C(=O)[C@@H](NC(=O)OC(C)(C)C)C(C)(C)C)C(=O)NS(=O)(=O)C1CC1. The molecule has 1 saturated heterocycles. The van der Waals surface area contributed by atoms with Crippen molar-refractivity contribution in [3.8, 4) is 11.3 Å². The van der Waals surface area contributed by atoms with E-state index in [4.69, 9.17) is 9.72 Å². The standard InChI is InChI=1S/C41H50N6O8S/c1-8-25-22-41(25,37(51)46-56(53,54)27-18-19-27)45-35(49)32-20-26(23-47(32)36(50)33(39(2,3)4)44-38(52)55-40(5,6)7)42-34(48)29-21-31(24-14-10-9-11-15-24)43-30-17-13-12-16-28(29)30/h8-17,21,25-27,32-33H,1,18-20,22-23H2,2-7H3,(H,42,48)(H,44,52)(H,45,49)(H,46,51)/t25?,26-,32+,33-,41?/m1/s1. The number of carbonyl (C=O) groups is 5. The van der Waals surface area contributed by atoms with Crippen molar-refractivity contribution in [1.29, 1.82) is 0 Å². The number of pyridine rings is 1. The minimum absolute atomic E-state index is 0.0437. The van der Waals surface area contributed by atoms with Gasteiger partial charge in [-0.3, -0.25) is 23.9 Å². The molecule has 0 spiro atoms. The Labute approximate surface area is 327 Å². The zero-order chi connectivity index (χ0) is 40.8. The summed E-state index contributed by atoms with van der Waals surface area (Å²) in [5.74, 6) is -3.21. The van der Waals surface area contributed by atoms with E-state index < -0.39 is 85.6 Å². The molecule has 15 heteroatoms. The molecule has 2 aromatic carbocycles. The molecular weight excluding hydrogens is 737 g/mol. The van der Waals surface area contributed by atoms with Crippen molar-refractivity contribution >= 4 is 50.6 Å². The molecule has 3 aromatic rings. The minimum atomic E-state index is -3.93. The van der Waals surface area contributed by atoms with Crippen molar-refractivity contribution < 1.29 is 37.1 Å². The van der Waals surface area contributed by atoms with E-state index in [1.807, 2.05) is 42.5 Å². The lowest BCUT2D eigenvalue weighted by Gasteiger charge is -2.36. The van der Waals surface area contributed by atoms with Gasteiger partial charge in [-0.2, -0.15) is 0 Å². The molecule has 2 saturated carbocycles. The Hall–Kier alpha value is -5.31. The number of para-hydroxylation sites is 1. The molecule has 5 amide bonds. The van der Waals surface area contributed by atoms with Gasteiger partial charge in [-0.25, -0.2) is 18.2 Å². The van der Waals surface area contributed by atoms with Crippen molar-refractivity contribution in [2.75, 3.05) is 6.54 Å². The maximum atomic E-state index is 14.6. The number of alkyl carbamates (subject to hydrolysis) is 1. The Morgan fingerprint density at radius 1 is 0.982 bits per heavy atom. The normalized spacial score (nSPS) is 22.8. The number of hydrogen-bond acceptors (Lipinski definition) is 9. The second kappa shape index (κ2) is 15.0. The highest BCUT2D eigenvalue weighted by molar-refractivity contribution is 7.91. The van der Waals surface area contributed by atoms with Gasteiger partial charge in [0.05, 0.1) is 22.0 Å². The maximum Gasteiger partial charge on any atom is 0.408 e. The van der Waals surface area contributed by atoms with Gasteiger partial charge < -0.3 is 25.6 Å². The van der Waals surface area contributed by atoms with Crippen LogP contribution in [0.3, 0.4) is 0 Å². The summed E-state index contributed by atoms with van der Waals surface area (Å²) in [6, 6.07) is 15.2. The number of rotatable bonds is 11. The molecule has 1 aliphatic heterocycles. The molecule has 14 nitrogen and oxygen atoms in total.